The Morgan fingerprint density at radius 2 is 1.66 bits per heavy atom. The van der Waals surface area contributed by atoms with Gasteiger partial charge in [0.05, 0.1) is 27.7 Å². The van der Waals surface area contributed by atoms with Gasteiger partial charge in [-0.1, -0.05) is 67.4 Å². The molecule has 220 valence electrons. The first kappa shape index (κ1) is 27.8. The van der Waals surface area contributed by atoms with Gasteiger partial charge in [0.15, 0.2) is 0 Å². The van der Waals surface area contributed by atoms with Gasteiger partial charge in [-0.25, -0.2) is 14.4 Å². The lowest BCUT2D eigenvalue weighted by atomic mass is 9.82. The lowest BCUT2D eigenvalue weighted by Crippen LogP contribution is -2.31. The molecule has 0 atom stereocenters. The molecule has 6 nitrogen and oxygen atoms in total. The molecule has 0 amide bonds. The Morgan fingerprint density at radius 3 is 2.48 bits per heavy atom. The van der Waals surface area contributed by atoms with Crippen LogP contribution in [0.15, 0.2) is 103 Å². The molecule has 0 spiro atoms. The van der Waals surface area contributed by atoms with Crippen molar-refractivity contribution in [3.63, 3.8) is 0 Å². The average Bonchev–Trinajstić information content (AvgIpc) is 3.66. The standard InChI is InChI=1S/C37H32FN3O3/c38-29-13-10-26(11-14-29)28-8-5-6-25(20-28)23-41-34-17-16-31(44-24-30-15-12-27-7-1-2-9-32(27)39-30)21-33(34)40-35(41)22-37(36(42)43)18-3-4-19-37/h1-2,5-17,20-21H,3-4,18-19,22-24H2,(H,42,43). The minimum absolute atomic E-state index is 0.268. The van der Waals surface area contributed by atoms with Crippen molar-refractivity contribution >= 4 is 27.9 Å². The summed E-state index contributed by atoms with van der Waals surface area (Å²) in [6.45, 7) is 0.847. The lowest BCUT2D eigenvalue weighted by molar-refractivity contribution is -0.148. The maximum atomic E-state index is 13.5. The number of carboxylic acid groups (broad SMARTS) is 1. The summed E-state index contributed by atoms with van der Waals surface area (Å²) in [5.41, 5.74) is 5.60. The zero-order valence-corrected chi connectivity index (χ0v) is 24.2. The summed E-state index contributed by atoms with van der Waals surface area (Å²) >= 11 is 0. The highest BCUT2D eigenvalue weighted by Gasteiger charge is 2.42. The second kappa shape index (κ2) is 11.6. The normalized spacial score (nSPS) is 14.3. The maximum absolute atomic E-state index is 13.5. The maximum Gasteiger partial charge on any atom is 0.310 e. The molecule has 1 aliphatic rings. The number of imidazole rings is 1. The number of halogens is 1. The number of fused-ring (bicyclic) bond motifs is 2. The molecular formula is C37H32FN3O3. The van der Waals surface area contributed by atoms with Crippen molar-refractivity contribution in [2.75, 3.05) is 0 Å². The van der Waals surface area contributed by atoms with Crippen LogP contribution in [-0.2, 0) is 24.4 Å². The molecule has 6 aromatic rings. The van der Waals surface area contributed by atoms with E-state index in [1.165, 1.54) is 12.1 Å². The van der Waals surface area contributed by atoms with Crippen LogP contribution in [0.2, 0.25) is 0 Å². The average molecular weight is 586 g/mol. The van der Waals surface area contributed by atoms with Crippen LogP contribution in [0.25, 0.3) is 33.1 Å². The Labute approximate surface area is 254 Å². The van der Waals surface area contributed by atoms with Gasteiger partial charge in [0.1, 0.15) is 24.0 Å². The van der Waals surface area contributed by atoms with Crippen LogP contribution in [0.4, 0.5) is 4.39 Å². The van der Waals surface area contributed by atoms with Crippen LogP contribution in [0.3, 0.4) is 0 Å². The Hall–Kier alpha value is -5.04. The molecule has 2 heterocycles. The number of rotatable bonds is 9. The number of aromatic nitrogens is 3. The Morgan fingerprint density at radius 1 is 0.841 bits per heavy atom. The molecule has 0 bridgehead atoms. The second-order valence-corrected chi connectivity index (χ2v) is 11.7. The molecule has 1 N–H and O–H groups in total. The fourth-order valence-corrected chi connectivity index (χ4v) is 6.40. The molecule has 44 heavy (non-hydrogen) atoms. The van der Waals surface area contributed by atoms with Crippen molar-refractivity contribution in [3.05, 3.63) is 126 Å². The van der Waals surface area contributed by atoms with Gasteiger partial charge in [-0.3, -0.25) is 4.79 Å². The fraction of sp³-hybridized carbons (Fsp3) is 0.216. The van der Waals surface area contributed by atoms with E-state index in [-0.39, 0.29) is 5.82 Å². The van der Waals surface area contributed by atoms with Gasteiger partial charge < -0.3 is 14.4 Å². The monoisotopic (exact) mass is 585 g/mol. The Bertz CT molecular complexity index is 1980. The third-order valence-electron chi connectivity index (χ3n) is 8.80. The van der Waals surface area contributed by atoms with Crippen LogP contribution in [-0.4, -0.2) is 25.6 Å². The van der Waals surface area contributed by atoms with E-state index >= 15 is 0 Å². The van der Waals surface area contributed by atoms with Gasteiger partial charge in [-0.05, 0) is 72.0 Å². The van der Waals surface area contributed by atoms with E-state index in [0.717, 1.165) is 63.0 Å². The highest BCUT2D eigenvalue weighted by Crippen LogP contribution is 2.42. The molecular weight excluding hydrogens is 553 g/mol. The highest BCUT2D eigenvalue weighted by atomic mass is 19.1. The van der Waals surface area contributed by atoms with E-state index in [4.69, 9.17) is 14.7 Å². The summed E-state index contributed by atoms with van der Waals surface area (Å²) in [5, 5.41) is 11.3. The van der Waals surface area contributed by atoms with E-state index < -0.39 is 11.4 Å². The zero-order valence-electron chi connectivity index (χ0n) is 24.2. The number of carboxylic acids is 1. The summed E-state index contributed by atoms with van der Waals surface area (Å²) in [6.07, 6.45) is 3.49. The van der Waals surface area contributed by atoms with Crippen molar-refractivity contribution in [1.82, 2.24) is 14.5 Å². The number of hydrogen-bond acceptors (Lipinski definition) is 4. The second-order valence-electron chi connectivity index (χ2n) is 11.7. The molecule has 1 aliphatic carbocycles. The van der Waals surface area contributed by atoms with Crippen LogP contribution in [0.5, 0.6) is 5.75 Å². The van der Waals surface area contributed by atoms with Crippen molar-refractivity contribution < 1.29 is 19.0 Å². The van der Waals surface area contributed by atoms with Gasteiger partial charge in [0.2, 0.25) is 0 Å². The number of nitrogens with zero attached hydrogens (tertiary/aromatic N) is 3. The molecule has 0 unspecified atom stereocenters. The number of para-hydroxylation sites is 1. The quantitative estimate of drug-likeness (QED) is 0.185. The van der Waals surface area contributed by atoms with E-state index in [2.05, 4.69) is 16.7 Å². The summed E-state index contributed by atoms with van der Waals surface area (Å²) < 4.78 is 21.8. The van der Waals surface area contributed by atoms with Gasteiger partial charge in [-0.2, -0.15) is 0 Å². The van der Waals surface area contributed by atoms with E-state index in [9.17, 15) is 14.3 Å². The van der Waals surface area contributed by atoms with Gasteiger partial charge in [-0.15, -0.1) is 0 Å². The van der Waals surface area contributed by atoms with Crippen LogP contribution < -0.4 is 4.74 Å². The molecule has 0 aliphatic heterocycles. The number of aliphatic carboxylic acids is 1. The molecule has 2 aromatic heterocycles. The van der Waals surface area contributed by atoms with E-state index in [0.29, 0.717) is 38.2 Å². The minimum Gasteiger partial charge on any atom is -0.487 e. The third-order valence-corrected chi connectivity index (χ3v) is 8.80. The zero-order chi connectivity index (χ0) is 30.1. The highest BCUT2D eigenvalue weighted by molar-refractivity contribution is 5.80. The first-order valence-electron chi connectivity index (χ1n) is 15.0. The van der Waals surface area contributed by atoms with Crippen LogP contribution in [0.1, 0.15) is 42.8 Å². The smallest absolute Gasteiger partial charge is 0.310 e. The summed E-state index contributed by atoms with van der Waals surface area (Å²) in [4.78, 5) is 22.2. The Balaban J connectivity index is 1.21. The van der Waals surface area contributed by atoms with Crippen LogP contribution in [0, 0.1) is 11.2 Å². The van der Waals surface area contributed by atoms with E-state index in [1.807, 2.05) is 66.7 Å². The van der Waals surface area contributed by atoms with E-state index in [1.54, 1.807) is 12.1 Å². The lowest BCUT2D eigenvalue weighted by Gasteiger charge is -2.24. The number of hydrogen-bond donors (Lipinski definition) is 1. The van der Waals surface area contributed by atoms with Crippen molar-refractivity contribution in [1.29, 1.82) is 0 Å². The first-order valence-corrected chi connectivity index (χ1v) is 15.0. The largest absolute Gasteiger partial charge is 0.487 e. The summed E-state index contributed by atoms with van der Waals surface area (Å²) in [5.74, 6) is 0.412. The Kier molecular flexibility index (Phi) is 7.30. The minimum atomic E-state index is -0.809. The van der Waals surface area contributed by atoms with Gasteiger partial charge in [0, 0.05) is 24.4 Å². The predicted octanol–water partition coefficient (Wildman–Crippen LogP) is 8.21. The van der Waals surface area contributed by atoms with Crippen molar-refractivity contribution in [3.8, 4) is 16.9 Å². The predicted molar refractivity (Wildman–Crippen MR) is 169 cm³/mol. The van der Waals surface area contributed by atoms with Crippen molar-refractivity contribution in [2.45, 2.75) is 45.3 Å². The summed E-state index contributed by atoms with van der Waals surface area (Å²) in [6, 6.07) is 32.5. The van der Waals surface area contributed by atoms with Gasteiger partial charge in [0.25, 0.3) is 0 Å². The molecule has 7 heteroatoms. The summed E-state index contributed by atoms with van der Waals surface area (Å²) in [7, 11) is 0. The molecule has 1 fully saturated rings. The number of benzene rings is 4. The van der Waals surface area contributed by atoms with Crippen molar-refractivity contribution in [2.24, 2.45) is 5.41 Å². The molecule has 0 radical (unpaired) electrons. The molecule has 4 aromatic carbocycles. The third kappa shape index (κ3) is 5.53. The SMILES string of the molecule is O=C(O)C1(Cc2nc3cc(OCc4ccc5ccccc5n4)ccc3n2Cc2cccc(-c3ccc(F)cc3)c2)CCCC1. The van der Waals surface area contributed by atoms with Gasteiger partial charge >= 0.3 is 5.97 Å². The number of pyridine rings is 1. The first-order chi connectivity index (χ1) is 21.5. The van der Waals surface area contributed by atoms with Crippen LogP contribution >= 0.6 is 0 Å². The topological polar surface area (TPSA) is 77.2 Å². The number of carbonyl (C=O) groups is 1. The number of ether oxygens (including phenoxy) is 1. The molecule has 0 saturated heterocycles. The molecule has 7 rings (SSSR count). The fourth-order valence-electron chi connectivity index (χ4n) is 6.40. The molecule has 1 saturated carbocycles.